The summed E-state index contributed by atoms with van der Waals surface area (Å²) in [5.74, 6) is 0.523. The number of aryl methyl sites for hydroxylation is 1. The van der Waals surface area contributed by atoms with Gasteiger partial charge in [-0.05, 0) is 103 Å². The van der Waals surface area contributed by atoms with E-state index in [1.165, 1.54) is 12.1 Å². The van der Waals surface area contributed by atoms with Gasteiger partial charge in [-0.2, -0.15) is 0 Å². The van der Waals surface area contributed by atoms with Gasteiger partial charge < -0.3 is 33.7 Å². The minimum absolute atomic E-state index is 0.0769. The Bertz CT molecular complexity index is 1620. The zero-order chi connectivity index (χ0) is 38.8. The largest absolute Gasteiger partial charge is 0.493 e. The van der Waals surface area contributed by atoms with Crippen LogP contribution in [0.5, 0.6) is 23.0 Å². The maximum absolute atomic E-state index is 12.6. The van der Waals surface area contributed by atoms with E-state index in [2.05, 4.69) is 15.2 Å². The maximum Gasteiger partial charge on any atom is 0.345 e. The van der Waals surface area contributed by atoms with E-state index in [1.807, 2.05) is 39.0 Å². The van der Waals surface area contributed by atoms with Gasteiger partial charge >= 0.3 is 11.9 Å². The minimum atomic E-state index is -0.521. The molecular formula is C40H53N3O10. The average molecular weight is 736 g/mol. The first-order chi connectivity index (χ1) is 25.6. The summed E-state index contributed by atoms with van der Waals surface area (Å²) < 4.78 is 32.6. The molecule has 288 valence electrons. The molecule has 1 fully saturated rings. The first-order valence-corrected chi connectivity index (χ1v) is 18.2. The van der Waals surface area contributed by atoms with Crippen LogP contribution in [0.4, 0.5) is 0 Å². The van der Waals surface area contributed by atoms with Gasteiger partial charge in [-0.25, -0.2) is 9.59 Å². The van der Waals surface area contributed by atoms with Crippen molar-refractivity contribution in [2.24, 2.45) is 0 Å². The number of nitrogens with zero attached hydrogens (tertiary/aromatic N) is 2. The molecule has 1 saturated heterocycles. The zero-order valence-electron chi connectivity index (χ0n) is 32.0. The predicted octanol–water partition coefficient (Wildman–Crippen LogP) is 6.23. The molecule has 0 unspecified atom stereocenters. The van der Waals surface area contributed by atoms with Gasteiger partial charge in [0.2, 0.25) is 0 Å². The number of aldehydes is 1. The molecule has 1 aliphatic rings. The van der Waals surface area contributed by atoms with Crippen LogP contribution in [0.3, 0.4) is 0 Å². The summed E-state index contributed by atoms with van der Waals surface area (Å²) in [4.78, 5) is 54.4. The summed E-state index contributed by atoms with van der Waals surface area (Å²) in [6, 6.07) is 8.79. The summed E-state index contributed by atoms with van der Waals surface area (Å²) >= 11 is 0. The second kappa shape index (κ2) is 22.0. The van der Waals surface area contributed by atoms with Crippen LogP contribution in [0, 0.1) is 6.92 Å². The summed E-state index contributed by atoms with van der Waals surface area (Å²) in [6.07, 6.45) is 5.75. The van der Waals surface area contributed by atoms with Gasteiger partial charge in [0.1, 0.15) is 40.4 Å². The van der Waals surface area contributed by atoms with Gasteiger partial charge in [0.15, 0.2) is 0 Å². The van der Waals surface area contributed by atoms with E-state index in [1.54, 1.807) is 40.1 Å². The van der Waals surface area contributed by atoms with Crippen molar-refractivity contribution in [3.8, 4) is 23.0 Å². The highest BCUT2D eigenvalue weighted by molar-refractivity contribution is 5.97. The van der Waals surface area contributed by atoms with E-state index in [9.17, 15) is 19.2 Å². The number of ether oxygens (including phenoxy) is 6. The van der Waals surface area contributed by atoms with Crippen LogP contribution in [0.15, 0.2) is 42.7 Å². The number of benzene rings is 2. The van der Waals surface area contributed by atoms with Crippen molar-refractivity contribution in [1.29, 1.82) is 0 Å². The number of piperidine rings is 1. The van der Waals surface area contributed by atoms with Crippen LogP contribution >= 0.6 is 0 Å². The van der Waals surface area contributed by atoms with Crippen molar-refractivity contribution in [3.63, 3.8) is 0 Å². The third-order valence-corrected chi connectivity index (χ3v) is 7.97. The molecule has 0 radical (unpaired) electrons. The fourth-order valence-electron chi connectivity index (χ4n) is 5.74. The molecule has 4 rings (SSSR count). The first-order valence-electron chi connectivity index (χ1n) is 18.2. The standard InChI is InChI=1S/C26H35N3O5.C14H18O5/c1-5-32-22-13-19(14-23(33-6-2)24(22)26(31)34-7-3)17-29-10-8-21(9-11-29)28-25(30)20-12-18(4)15-27-16-20;1-4-17-11-7-10(9-15)8-12(18-5-2)13(11)14(16)19-6-3/h12-16,21H,5-11,17H2,1-4H3,(H,28,30);7-9H,4-6H2,1-3H3. The average Bonchev–Trinajstić information content (AvgIpc) is 3.13. The van der Waals surface area contributed by atoms with Crippen LogP contribution in [0.1, 0.15) is 107 Å². The Morgan fingerprint density at radius 3 is 1.60 bits per heavy atom. The monoisotopic (exact) mass is 735 g/mol. The number of amides is 1. The molecular weight excluding hydrogens is 682 g/mol. The Balaban J connectivity index is 0.000000337. The predicted molar refractivity (Wildman–Crippen MR) is 200 cm³/mol. The lowest BCUT2D eigenvalue weighted by Crippen LogP contribution is -2.44. The molecule has 1 aromatic heterocycles. The lowest BCUT2D eigenvalue weighted by Gasteiger charge is -2.32. The lowest BCUT2D eigenvalue weighted by atomic mass is 10.0. The molecule has 0 atom stereocenters. The van der Waals surface area contributed by atoms with E-state index < -0.39 is 11.9 Å². The molecule has 1 N–H and O–H groups in total. The Morgan fingerprint density at radius 1 is 0.717 bits per heavy atom. The van der Waals surface area contributed by atoms with Crippen molar-refractivity contribution in [2.75, 3.05) is 52.7 Å². The normalized spacial score (nSPS) is 12.8. The van der Waals surface area contributed by atoms with Crippen LogP contribution in [0.25, 0.3) is 0 Å². The maximum atomic E-state index is 12.6. The van der Waals surface area contributed by atoms with Gasteiger partial charge in [-0.15, -0.1) is 0 Å². The topological polar surface area (TPSA) is 152 Å². The highest BCUT2D eigenvalue weighted by Gasteiger charge is 2.25. The number of rotatable bonds is 17. The van der Waals surface area contributed by atoms with Gasteiger partial charge in [0.05, 0.1) is 45.2 Å². The number of carbonyl (C=O) groups excluding carboxylic acids is 4. The number of carbonyl (C=O) groups is 4. The summed E-state index contributed by atoms with van der Waals surface area (Å²) in [6.45, 7) is 17.3. The second-order valence-electron chi connectivity index (χ2n) is 11.9. The molecule has 0 bridgehead atoms. The van der Waals surface area contributed by atoms with Crippen LogP contribution in [0.2, 0.25) is 0 Å². The van der Waals surface area contributed by atoms with Gasteiger partial charge in [-0.1, -0.05) is 0 Å². The van der Waals surface area contributed by atoms with Gasteiger partial charge in [-0.3, -0.25) is 19.5 Å². The number of esters is 2. The molecule has 1 aliphatic heterocycles. The molecule has 0 spiro atoms. The second-order valence-corrected chi connectivity index (χ2v) is 11.9. The lowest BCUT2D eigenvalue weighted by molar-refractivity contribution is 0.0506. The van der Waals surface area contributed by atoms with Crippen LogP contribution < -0.4 is 24.3 Å². The van der Waals surface area contributed by atoms with E-state index in [4.69, 9.17) is 28.4 Å². The number of pyridine rings is 1. The SMILES string of the molecule is CCOC(=O)c1c(OCC)cc(C=O)cc1OCC.CCOC(=O)c1c(OCC)cc(CN2CCC(NC(=O)c3cncc(C)c3)CC2)cc1OCC. The molecule has 1 amide bonds. The fraction of sp³-hybridized carbons (Fsp3) is 0.475. The van der Waals surface area contributed by atoms with E-state index in [0.29, 0.717) is 78.9 Å². The molecule has 3 aromatic rings. The molecule has 0 aliphatic carbocycles. The van der Waals surface area contributed by atoms with Gasteiger partial charge in [0.25, 0.3) is 5.91 Å². The Labute approximate surface area is 312 Å². The van der Waals surface area contributed by atoms with E-state index in [-0.39, 0.29) is 30.7 Å². The summed E-state index contributed by atoms with van der Waals surface area (Å²) in [7, 11) is 0. The smallest absolute Gasteiger partial charge is 0.345 e. The molecule has 13 heteroatoms. The van der Waals surface area contributed by atoms with E-state index >= 15 is 0 Å². The number of hydrogen-bond donors (Lipinski definition) is 1. The highest BCUT2D eigenvalue weighted by atomic mass is 16.5. The van der Waals surface area contributed by atoms with Crippen molar-refractivity contribution in [3.05, 3.63) is 76.1 Å². The molecule has 13 nitrogen and oxygen atoms in total. The Morgan fingerprint density at radius 2 is 1.19 bits per heavy atom. The molecule has 0 saturated carbocycles. The molecule has 2 aromatic carbocycles. The summed E-state index contributed by atoms with van der Waals surface area (Å²) in [5.41, 5.74) is 3.51. The van der Waals surface area contributed by atoms with Crippen molar-refractivity contribution < 1.29 is 47.6 Å². The Kier molecular flexibility index (Phi) is 17.6. The molecule has 53 heavy (non-hydrogen) atoms. The quantitative estimate of drug-likeness (QED) is 0.124. The van der Waals surface area contributed by atoms with Crippen LogP contribution in [-0.2, 0) is 16.0 Å². The van der Waals surface area contributed by atoms with Crippen molar-refractivity contribution >= 4 is 24.1 Å². The fourth-order valence-corrected chi connectivity index (χ4v) is 5.74. The zero-order valence-corrected chi connectivity index (χ0v) is 32.0. The van der Waals surface area contributed by atoms with E-state index in [0.717, 1.165) is 37.1 Å². The third kappa shape index (κ3) is 12.5. The minimum Gasteiger partial charge on any atom is -0.493 e. The number of likely N-dealkylation sites (tertiary alicyclic amines) is 1. The molecule has 2 heterocycles. The number of nitrogens with one attached hydrogen (secondary N) is 1. The summed E-state index contributed by atoms with van der Waals surface area (Å²) in [5, 5.41) is 3.13. The Hall–Kier alpha value is -5.17. The first kappa shape index (κ1) is 42.2. The third-order valence-electron chi connectivity index (χ3n) is 7.97. The van der Waals surface area contributed by atoms with Crippen LogP contribution in [-0.4, -0.2) is 92.8 Å². The van der Waals surface area contributed by atoms with Crippen molar-refractivity contribution in [1.82, 2.24) is 15.2 Å². The highest BCUT2D eigenvalue weighted by Crippen LogP contribution is 2.33. The number of hydrogen-bond acceptors (Lipinski definition) is 12. The number of aromatic nitrogens is 1. The van der Waals surface area contributed by atoms with Crippen molar-refractivity contribution in [2.45, 2.75) is 73.9 Å². The van der Waals surface area contributed by atoms with Gasteiger partial charge in [0, 0.05) is 43.6 Å².